The van der Waals surface area contributed by atoms with Gasteiger partial charge >= 0.3 is 0 Å². The highest BCUT2D eigenvalue weighted by atomic mass is 19.1. The first-order chi connectivity index (χ1) is 15.5. The Hall–Kier alpha value is -3.21. The van der Waals surface area contributed by atoms with Gasteiger partial charge in [-0.05, 0) is 50.3 Å². The molecule has 0 spiro atoms. The Kier molecular flexibility index (Phi) is 8.79. The van der Waals surface area contributed by atoms with Crippen molar-refractivity contribution < 1.29 is 13.6 Å². The lowest BCUT2D eigenvalue weighted by molar-refractivity contribution is -0.124. The van der Waals surface area contributed by atoms with Crippen molar-refractivity contribution >= 4 is 23.4 Å². The SMILES string of the molecule is CCCNc1nc(Nc2cccc(F)c2)ncc1C#CCCCNC(=O)[C@H]1CC[C@H](F)C1. The molecule has 0 unspecified atom stereocenters. The second-order valence-electron chi connectivity index (χ2n) is 7.82. The predicted octanol–water partition coefficient (Wildman–Crippen LogP) is 4.57. The van der Waals surface area contributed by atoms with Gasteiger partial charge in [-0.3, -0.25) is 4.79 Å². The molecule has 0 saturated heterocycles. The van der Waals surface area contributed by atoms with Crippen LogP contribution in [0.5, 0.6) is 0 Å². The summed E-state index contributed by atoms with van der Waals surface area (Å²) in [6.45, 7) is 3.31. The van der Waals surface area contributed by atoms with Gasteiger partial charge in [-0.15, -0.1) is 0 Å². The van der Waals surface area contributed by atoms with Crippen LogP contribution < -0.4 is 16.0 Å². The summed E-state index contributed by atoms with van der Waals surface area (Å²) in [5.41, 5.74) is 1.24. The molecule has 32 heavy (non-hydrogen) atoms. The van der Waals surface area contributed by atoms with Crippen molar-refractivity contribution in [2.24, 2.45) is 5.92 Å². The molecule has 2 aromatic rings. The molecule has 0 aliphatic heterocycles. The summed E-state index contributed by atoms with van der Waals surface area (Å²) in [4.78, 5) is 20.8. The highest BCUT2D eigenvalue weighted by molar-refractivity contribution is 5.78. The van der Waals surface area contributed by atoms with E-state index in [4.69, 9.17) is 0 Å². The third-order valence-corrected chi connectivity index (χ3v) is 5.15. The summed E-state index contributed by atoms with van der Waals surface area (Å²) in [7, 11) is 0. The lowest BCUT2D eigenvalue weighted by Gasteiger charge is -2.10. The molecule has 1 aliphatic rings. The first-order valence-corrected chi connectivity index (χ1v) is 11.1. The van der Waals surface area contributed by atoms with Crippen molar-refractivity contribution in [2.45, 2.75) is 51.6 Å². The van der Waals surface area contributed by atoms with E-state index in [0.29, 0.717) is 61.7 Å². The Bertz CT molecular complexity index is 972. The van der Waals surface area contributed by atoms with E-state index in [1.165, 1.54) is 12.1 Å². The quantitative estimate of drug-likeness (QED) is 0.393. The zero-order valence-corrected chi connectivity index (χ0v) is 18.3. The maximum Gasteiger partial charge on any atom is 0.229 e. The van der Waals surface area contributed by atoms with Gasteiger partial charge in [0.1, 0.15) is 17.8 Å². The molecule has 1 aliphatic carbocycles. The molecule has 1 heterocycles. The molecule has 1 aromatic carbocycles. The molecule has 3 N–H and O–H groups in total. The van der Waals surface area contributed by atoms with Crippen LogP contribution in [0.1, 0.15) is 51.0 Å². The number of carbonyl (C=O) groups is 1. The van der Waals surface area contributed by atoms with E-state index in [1.807, 2.05) is 0 Å². The second-order valence-corrected chi connectivity index (χ2v) is 7.82. The van der Waals surface area contributed by atoms with Crippen LogP contribution >= 0.6 is 0 Å². The van der Waals surface area contributed by atoms with E-state index in [0.717, 1.165) is 13.0 Å². The summed E-state index contributed by atoms with van der Waals surface area (Å²) in [6, 6.07) is 6.10. The minimum atomic E-state index is -0.843. The Morgan fingerprint density at radius 1 is 1.28 bits per heavy atom. The molecule has 170 valence electrons. The van der Waals surface area contributed by atoms with E-state index < -0.39 is 6.17 Å². The van der Waals surface area contributed by atoms with E-state index in [-0.39, 0.29) is 17.6 Å². The average Bonchev–Trinajstić information content (AvgIpc) is 3.22. The molecule has 1 amide bonds. The van der Waals surface area contributed by atoms with Gasteiger partial charge in [0.05, 0.1) is 11.8 Å². The van der Waals surface area contributed by atoms with Gasteiger partial charge in [-0.25, -0.2) is 13.8 Å². The number of carbonyl (C=O) groups excluding carboxylic acids is 1. The number of unbranched alkanes of at least 4 members (excludes halogenated alkanes) is 1. The predicted molar refractivity (Wildman–Crippen MR) is 122 cm³/mol. The molecule has 6 nitrogen and oxygen atoms in total. The fraction of sp³-hybridized carbons (Fsp3) is 0.458. The van der Waals surface area contributed by atoms with Crippen LogP contribution in [0.3, 0.4) is 0 Å². The first kappa shape index (κ1) is 23.5. The Morgan fingerprint density at radius 2 is 2.16 bits per heavy atom. The highest BCUT2D eigenvalue weighted by Crippen LogP contribution is 2.27. The summed E-state index contributed by atoms with van der Waals surface area (Å²) in [5, 5.41) is 9.11. The van der Waals surface area contributed by atoms with Crippen LogP contribution in [0.15, 0.2) is 30.5 Å². The fourth-order valence-electron chi connectivity index (χ4n) is 3.46. The molecule has 8 heteroatoms. The Balaban J connectivity index is 1.53. The number of nitrogens with one attached hydrogen (secondary N) is 3. The monoisotopic (exact) mass is 441 g/mol. The number of anilines is 3. The molecule has 3 rings (SSSR count). The molecular weight excluding hydrogens is 412 g/mol. The van der Waals surface area contributed by atoms with Gasteiger partial charge in [-0.2, -0.15) is 4.98 Å². The molecule has 1 saturated carbocycles. The van der Waals surface area contributed by atoms with Crippen LogP contribution in [0.25, 0.3) is 0 Å². The van der Waals surface area contributed by atoms with Gasteiger partial charge in [0.15, 0.2) is 0 Å². The number of aromatic nitrogens is 2. The molecule has 0 bridgehead atoms. The normalized spacial score (nSPS) is 17.3. The Labute approximate surface area is 187 Å². The number of nitrogens with zero attached hydrogens (tertiary/aromatic N) is 2. The van der Waals surface area contributed by atoms with E-state index in [2.05, 4.69) is 44.7 Å². The minimum absolute atomic E-state index is 0.0565. The van der Waals surface area contributed by atoms with Crippen molar-refractivity contribution in [3.05, 3.63) is 41.8 Å². The van der Waals surface area contributed by atoms with Gasteiger partial charge in [0, 0.05) is 31.1 Å². The Morgan fingerprint density at radius 3 is 2.91 bits per heavy atom. The van der Waals surface area contributed by atoms with Gasteiger partial charge in [-0.1, -0.05) is 24.8 Å². The van der Waals surface area contributed by atoms with Gasteiger partial charge < -0.3 is 16.0 Å². The summed E-state index contributed by atoms with van der Waals surface area (Å²) in [5.74, 6) is 6.55. The zero-order valence-electron chi connectivity index (χ0n) is 18.3. The smallest absolute Gasteiger partial charge is 0.229 e. The lowest BCUT2D eigenvalue weighted by Crippen LogP contribution is -2.30. The molecular formula is C24H29F2N5O. The summed E-state index contributed by atoms with van der Waals surface area (Å²) < 4.78 is 26.6. The largest absolute Gasteiger partial charge is 0.369 e. The van der Waals surface area contributed by atoms with Crippen molar-refractivity contribution in [2.75, 3.05) is 23.7 Å². The van der Waals surface area contributed by atoms with Gasteiger partial charge in [0.2, 0.25) is 11.9 Å². The molecule has 0 radical (unpaired) electrons. The van der Waals surface area contributed by atoms with Crippen LogP contribution in [0.2, 0.25) is 0 Å². The van der Waals surface area contributed by atoms with Crippen LogP contribution in [0, 0.1) is 23.6 Å². The first-order valence-electron chi connectivity index (χ1n) is 11.1. The molecule has 1 aromatic heterocycles. The minimum Gasteiger partial charge on any atom is -0.369 e. The number of halogens is 2. The average molecular weight is 442 g/mol. The molecule has 2 atom stereocenters. The van der Waals surface area contributed by atoms with E-state index >= 15 is 0 Å². The van der Waals surface area contributed by atoms with Crippen molar-refractivity contribution in [1.29, 1.82) is 0 Å². The number of alkyl halides is 1. The van der Waals surface area contributed by atoms with Gasteiger partial charge in [0.25, 0.3) is 0 Å². The number of hydrogen-bond donors (Lipinski definition) is 3. The van der Waals surface area contributed by atoms with Crippen LogP contribution in [-0.4, -0.2) is 35.1 Å². The highest BCUT2D eigenvalue weighted by Gasteiger charge is 2.29. The fourth-order valence-corrected chi connectivity index (χ4v) is 3.46. The summed E-state index contributed by atoms with van der Waals surface area (Å²) >= 11 is 0. The third-order valence-electron chi connectivity index (χ3n) is 5.15. The summed E-state index contributed by atoms with van der Waals surface area (Å²) in [6.07, 6.45) is 4.48. The van der Waals surface area contributed by atoms with E-state index in [9.17, 15) is 13.6 Å². The maximum absolute atomic E-state index is 13.4. The van der Waals surface area contributed by atoms with Crippen molar-refractivity contribution in [3.8, 4) is 11.8 Å². The third kappa shape index (κ3) is 7.19. The number of amides is 1. The standard InChI is InChI=1S/C24H29F2N5O/c1-2-12-27-22-18(16-29-24(31-22)30-21-9-6-8-19(25)15-21)7-4-3-5-13-28-23(32)17-10-11-20(26)14-17/h6,8-9,15-17,20H,2-3,5,10-14H2,1H3,(H,28,32)(H2,27,29,30,31)/t17-,20-/m0/s1. The lowest BCUT2D eigenvalue weighted by atomic mass is 10.1. The van der Waals surface area contributed by atoms with Crippen LogP contribution in [0.4, 0.5) is 26.2 Å². The molecule has 1 fully saturated rings. The number of hydrogen-bond acceptors (Lipinski definition) is 5. The second kappa shape index (κ2) is 12.0. The van der Waals surface area contributed by atoms with Crippen molar-refractivity contribution in [1.82, 2.24) is 15.3 Å². The zero-order chi connectivity index (χ0) is 22.8. The number of benzene rings is 1. The number of rotatable bonds is 9. The maximum atomic E-state index is 13.4. The van der Waals surface area contributed by atoms with Crippen molar-refractivity contribution in [3.63, 3.8) is 0 Å². The van der Waals surface area contributed by atoms with Crippen LogP contribution in [-0.2, 0) is 4.79 Å². The topological polar surface area (TPSA) is 78.9 Å². The van der Waals surface area contributed by atoms with E-state index in [1.54, 1.807) is 18.3 Å².